The zero-order chi connectivity index (χ0) is 11.1. The Hall–Kier alpha value is -0.650. The highest BCUT2D eigenvalue weighted by Gasteiger charge is 2.26. The van der Waals surface area contributed by atoms with E-state index in [2.05, 4.69) is 0 Å². The van der Waals surface area contributed by atoms with Crippen LogP contribution in [0.5, 0.6) is 0 Å². The molecule has 88 valence electrons. The first-order chi connectivity index (χ1) is 7.29. The molecule has 1 heterocycles. The zero-order valence-corrected chi connectivity index (χ0v) is 9.28. The summed E-state index contributed by atoms with van der Waals surface area (Å²) in [7, 11) is 0. The van der Waals surface area contributed by atoms with Crippen LogP contribution >= 0.6 is 0 Å². The molecule has 5 heteroatoms. The second kappa shape index (κ2) is 6.76. The molecule has 1 aliphatic rings. The van der Waals surface area contributed by atoms with E-state index >= 15 is 0 Å². The molecule has 0 saturated carbocycles. The van der Waals surface area contributed by atoms with E-state index in [1.165, 1.54) is 0 Å². The van der Waals surface area contributed by atoms with Crippen molar-refractivity contribution in [2.24, 2.45) is 5.73 Å². The summed E-state index contributed by atoms with van der Waals surface area (Å²) in [5.41, 5.74) is 5.42. The Bertz CT molecular complexity index is 193. The quantitative estimate of drug-likeness (QED) is 0.679. The summed E-state index contributed by atoms with van der Waals surface area (Å²) in [5.74, 6) is 0.0191. The fourth-order valence-corrected chi connectivity index (χ4v) is 1.54. The van der Waals surface area contributed by atoms with Gasteiger partial charge in [0.2, 0.25) is 0 Å². The van der Waals surface area contributed by atoms with E-state index in [9.17, 15) is 4.79 Å². The molecule has 1 atom stereocenters. The summed E-state index contributed by atoms with van der Waals surface area (Å²) in [6.07, 6.45) is 0.407. The number of carbonyl (C=O) groups is 1. The molecular weight excluding hydrogens is 196 g/mol. The molecule has 2 N–H and O–H groups in total. The fourth-order valence-electron chi connectivity index (χ4n) is 1.54. The topological polar surface area (TPSA) is 64.8 Å². The molecule has 1 amide bonds. The third kappa shape index (κ3) is 3.77. The second-order valence-corrected chi connectivity index (χ2v) is 3.49. The number of nitrogens with two attached hydrogens (primary N) is 1. The minimum Gasteiger partial charge on any atom is -0.376 e. The van der Waals surface area contributed by atoms with Gasteiger partial charge in [-0.25, -0.2) is 0 Å². The van der Waals surface area contributed by atoms with Crippen LogP contribution in [0.1, 0.15) is 13.3 Å². The highest BCUT2D eigenvalue weighted by Crippen LogP contribution is 2.05. The van der Waals surface area contributed by atoms with E-state index in [4.69, 9.17) is 15.2 Å². The highest BCUT2D eigenvalue weighted by molar-refractivity contribution is 5.81. The Kier molecular flexibility index (Phi) is 5.60. The fraction of sp³-hybridized carbons (Fsp3) is 0.900. The van der Waals surface area contributed by atoms with Gasteiger partial charge in [0.05, 0.1) is 19.8 Å². The summed E-state index contributed by atoms with van der Waals surface area (Å²) in [6.45, 7) is 5.41. The molecule has 0 radical (unpaired) electrons. The maximum Gasteiger partial charge on any atom is 0.254 e. The minimum atomic E-state index is -0.420. The molecule has 0 bridgehead atoms. The number of hydrogen-bond donors (Lipinski definition) is 1. The number of likely N-dealkylation sites (N-methyl/N-ethyl adjacent to an activating group) is 1. The van der Waals surface area contributed by atoms with Gasteiger partial charge in [-0.2, -0.15) is 0 Å². The molecule has 0 aromatic heterocycles. The van der Waals surface area contributed by atoms with Crippen molar-refractivity contribution in [1.82, 2.24) is 4.90 Å². The van der Waals surface area contributed by atoms with Crippen molar-refractivity contribution in [2.45, 2.75) is 19.4 Å². The van der Waals surface area contributed by atoms with Crippen LogP contribution in [-0.4, -0.2) is 56.4 Å². The Morgan fingerprint density at radius 1 is 1.53 bits per heavy atom. The van der Waals surface area contributed by atoms with Crippen molar-refractivity contribution in [3.05, 3.63) is 0 Å². The third-order valence-corrected chi connectivity index (χ3v) is 2.42. The summed E-state index contributed by atoms with van der Waals surface area (Å²) in [6, 6.07) is 0. The molecule has 5 nitrogen and oxygen atoms in total. The van der Waals surface area contributed by atoms with Crippen molar-refractivity contribution < 1.29 is 14.3 Å². The van der Waals surface area contributed by atoms with E-state index in [0.717, 1.165) is 6.42 Å². The van der Waals surface area contributed by atoms with E-state index in [1.807, 2.05) is 6.92 Å². The molecule has 1 rings (SSSR count). The predicted octanol–water partition coefficient (Wildman–Crippen LogP) is -0.401. The van der Waals surface area contributed by atoms with Crippen LogP contribution in [0, 0.1) is 0 Å². The first kappa shape index (κ1) is 12.4. The van der Waals surface area contributed by atoms with Gasteiger partial charge in [0, 0.05) is 13.1 Å². The summed E-state index contributed by atoms with van der Waals surface area (Å²) < 4.78 is 10.6. The van der Waals surface area contributed by atoms with Crippen molar-refractivity contribution in [1.29, 1.82) is 0 Å². The van der Waals surface area contributed by atoms with Crippen LogP contribution < -0.4 is 5.73 Å². The van der Waals surface area contributed by atoms with Crippen molar-refractivity contribution >= 4 is 5.91 Å². The van der Waals surface area contributed by atoms with Gasteiger partial charge in [0.25, 0.3) is 5.91 Å². The number of ether oxygens (including phenoxy) is 2. The lowest BCUT2D eigenvalue weighted by molar-refractivity contribution is -0.157. The molecule has 0 aliphatic carbocycles. The molecule has 15 heavy (non-hydrogen) atoms. The lowest BCUT2D eigenvalue weighted by atomic mass is 10.2. The maximum absolute atomic E-state index is 11.9. The van der Waals surface area contributed by atoms with Crippen molar-refractivity contribution in [3.63, 3.8) is 0 Å². The largest absolute Gasteiger partial charge is 0.376 e. The number of hydrogen-bond acceptors (Lipinski definition) is 4. The minimum absolute atomic E-state index is 0.0191. The highest BCUT2D eigenvalue weighted by atomic mass is 16.6. The van der Waals surface area contributed by atoms with Crippen LogP contribution in [0.15, 0.2) is 0 Å². The normalized spacial score (nSPS) is 21.3. The van der Waals surface area contributed by atoms with Gasteiger partial charge in [0.1, 0.15) is 0 Å². The van der Waals surface area contributed by atoms with Gasteiger partial charge in [-0.05, 0) is 19.9 Å². The Morgan fingerprint density at radius 3 is 2.87 bits per heavy atom. The average molecular weight is 216 g/mol. The predicted molar refractivity (Wildman–Crippen MR) is 56.5 cm³/mol. The maximum atomic E-state index is 11.9. The molecule has 1 fully saturated rings. The van der Waals surface area contributed by atoms with Crippen LogP contribution in [0.2, 0.25) is 0 Å². The molecule has 1 saturated heterocycles. The van der Waals surface area contributed by atoms with Gasteiger partial charge in [-0.15, -0.1) is 0 Å². The smallest absolute Gasteiger partial charge is 0.254 e. The summed E-state index contributed by atoms with van der Waals surface area (Å²) in [5, 5.41) is 0. The Labute approximate surface area is 90.5 Å². The van der Waals surface area contributed by atoms with Crippen LogP contribution in [-0.2, 0) is 14.3 Å². The monoisotopic (exact) mass is 216 g/mol. The van der Waals surface area contributed by atoms with Crippen LogP contribution in [0.4, 0.5) is 0 Å². The molecule has 1 unspecified atom stereocenters. The van der Waals surface area contributed by atoms with E-state index in [-0.39, 0.29) is 5.91 Å². The Morgan fingerprint density at radius 2 is 2.33 bits per heavy atom. The standard InChI is InChI=1S/C10H20N2O3/c1-2-12(5-3-4-11)10(13)9-8-14-6-7-15-9/h9H,2-8,11H2,1H3. The van der Waals surface area contributed by atoms with E-state index in [0.29, 0.717) is 39.5 Å². The average Bonchev–Trinajstić information content (AvgIpc) is 2.31. The van der Waals surface area contributed by atoms with Gasteiger partial charge in [0.15, 0.2) is 6.10 Å². The molecule has 1 aliphatic heterocycles. The number of nitrogens with zero attached hydrogens (tertiary/aromatic N) is 1. The Balaban J connectivity index is 2.40. The molecular formula is C10H20N2O3. The van der Waals surface area contributed by atoms with E-state index in [1.54, 1.807) is 4.90 Å². The zero-order valence-electron chi connectivity index (χ0n) is 9.28. The summed E-state index contributed by atoms with van der Waals surface area (Å²) in [4.78, 5) is 13.7. The lowest BCUT2D eigenvalue weighted by Crippen LogP contribution is -2.45. The number of amides is 1. The van der Waals surface area contributed by atoms with Crippen LogP contribution in [0.25, 0.3) is 0 Å². The number of carbonyl (C=O) groups excluding carboxylic acids is 1. The molecule has 0 aromatic carbocycles. The molecule has 0 spiro atoms. The van der Waals surface area contributed by atoms with Gasteiger partial charge < -0.3 is 20.1 Å². The van der Waals surface area contributed by atoms with Gasteiger partial charge >= 0.3 is 0 Å². The van der Waals surface area contributed by atoms with Crippen molar-refractivity contribution in [3.8, 4) is 0 Å². The molecule has 0 aromatic rings. The van der Waals surface area contributed by atoms with Crippen molar-refractivity contribution in [2.75, 3.05) is 39.5 Å². The van der Waals surface area contributed by atoms with Gasteiger partial charge in [-0.3, -0.25) is 4.79 Å². The SMILES string of the molecule is CCN(CCCN)C(=O)C1COCCO1. The van der Waals surface area contributed by atoms with Gasteiger partial charge in [-0.1, -0.05) is 0 Å². The van der Waals surface area contributed by atoms with Crippen LogP contribution in [0.3, 0.4) is 0 Å². The second-order valence-electron chi connectivity index (χ2n) is 3.49. The summed E-state index contributed by atoms with van der Waals surface area (Å²) >= 11 is 0. The number of rotatable bonds is 5. The lowest BCUT2D eigenvalue weighted by Gasteiger charge is -2.28. The third-order valence-electron chi connectivity index (χ3n) is 2.42. The first-order valence-electron chi connectivity index (χ1n) is 5.47. The van der Waals surface area contributed by atoms with E-state index < -0.39 is 6.10 Å². The first-order valence-corrected chi connectivity index (χ1v) is 5.47.